The third-order valence-corrected chi connectivity index (χ3v) is 4.94. The van der Waals surface area contributed by atoms with Gasteiger partial charge in [-0.05, 0) is 30.7 Å². The fraction of sp³-hybridized carbons (Fsp3) is 0.150. The van der Waals surface area contributed by atoms with Crippen molar-refractivity contribution in [2.24, 2.45) is 0 Å². The Balaban J connectivity index is 1.64. The summed E-state index contributed by atoms with van der Waals surface area (Å²) < 4.78 is 8.46. The molecule has 4 rings (SSSR count). The van der Waals surface area contributed by atoms with Crippen LogP contribution in [-0.2, 0) is 6.54 Å². The maximum Gasteiger partial charge on any atom is 0.287 e. The van der Waals surface area contributed by atoms with Crippen LogP contribution < -0.4 is 5.32 Å². The molecule has 7 heteroatoms. The zero-order valence-electron chi connectivity index (χ0n) is 14.6. The van der Waals surface area contributed by atoms with Crippen molar-refractivity contribution in [3.05, 3.63) is 82.5 Å². The molecule has 2 aromatic heterocycles. The monoisotopic (exact) mass is 424 g/mol. The second-order valence-corrected chi connectivity index (χ2v) is 7.17. The van der Waals surface area contributed by atoms with Crippen LogP contribution in [0, 0.1) is 6.92 Å². The SMILES string of the molecule is Cc1c(C(=O)NC(Cn2cncn2)c2ccccc2)oc2ccc(Br)cc12. The predicted molar refractivity (Wildman–Crippen MR) is 105 cm³/mol. The lowest BCUT2D eigenvalue weighted by atomic mass is 10.1. The average Bonchev–Trinajstić information content (AvgIpc) is 3.30. The van der Waals surface area contributed by atoms with Gasteiger partial charge in [-0.2, -0.15) is 5.10 Å². The maximum absolute atomic E-state index is 13.0. The second-order valence-electron chi connectivity index (χ2n) is 6.25. The van der Waals surface area contributed by atoms with E-state index in [4.69, 9.17) is 4.42 Å². The van der Waals surface area contributed by atoms with Gasteiger partial charge in [0.25, 0.3) is 5.91 Å². The van der Waals surface area contributed by atoms with E-state index in [9.17, 15) is 4.79 Å². The number of carbonyl (C=O) groups is 1. The van der Waals surface area contributed by atoms with Crippen LogP contribution in [-0.4, -0.2) is 20.7 Å². The van der Waals surface area contributed by atoms with Gasteiger partial charge < -0.3 is 9.73 Å². The number of nitrogens with one attached hydrogen (secondary N) is 1. The van der Waals surface area contributed by atoms with E-state index in [1.807, 2.05) is 55.5 Å². The summed E-state index contributed by atoms with van der Waals surface area (Å²) in [6.45, 7) is 2.36. The van der Waals surface area contributed by atoms with Crippen molar-refractivity contribution in [3.8, 4) is 0 Å². The molecule has 0 aliphatic carbocycles. The third-order valence-electron chi connectivity index (χ3n) is 4.45. The first-order valence-electron chi connectivity index (χ1n) is 8.48. The largest absolute Gasteiger partial charge is 0.451 e. The van der Waals surface area contributed by atoms with Crippen LogP contribution in [0.25, 0.3) is 11.0 Å². The standard InChI is InChI=1S/C20H17BrN4O2/c1-13-16-9-15(21)7-8-18(16)27-19(13)20(26)24-17(10-25-12-22-11-23-25)14-5-3-2-4-6-14/h2-9,11-12,17H,10H2,1H3,(H,24,26). The molecule has 0 fully saturated rings. The molecule has 1 unspecified atom stereocenters. The molecule has 27 heavy (non-hydrogen) atoms. The van der Waals surface area contributed by atoms with E-state index in [2.05, 4.69) is 31.3 Å². The molecular formula is C20H17BrN4O2. The lowest BCUT2D eigenvalue weighted by Crippen LogP contribution is -2.31. The summed E-state index contributed by atoms with van der Waals surface area (Å²) >= 11 is 3.46. The van der Waals surface area contributed by atoms with Crippen LogP contribution in [0.2, 0.25) is 0 Å². The molecule has 0 aliphatic rings. The number of carbonyl (C=O) groups excluding carboxylic acids is 1. The zero-order valence-corrected chi connectivity index (χ0v) is 16.2. The predicted octanol–water partition coefficient (Wildman–Crippen LogP) is 4.27. The number of benzene rings is 2. The molecule has 136 valence electrons. The number of nitrogens with zero attached hydrogens (tertiary/aromatic N) is 3. The molecule has 0 aliphatic heterocycles. The molecule has 4 aromatic rings. The van der Waals surface area contributed by atoms with Crippen LogP contribution >= 0.6 is 15.9 Å². The van der Waals surface area contributed by atoms with E-state index in [0.29, 0.717) is 17.9 Å². The summed E-state index contributed by atoms with van der Waals surface area (Å²) in [4.78, 5) is 16.9. The summed E-state index contributed by atoms with van der Waals surface area (Å²) in [5, 5.41) is 8.14. The summed E-state index contributed by atoms with van der Waals surface area (Å²) in [6.07, 6.45) is 3.11. The summed E-state index contributed by atoms with van der Waals surface area (Å²) in [5.41, 5.74) is 2.49. The zero-order chi connectivity index (χ0) is 18.8. The van der Waals surface area contributed by atoms with Gasteiger partial charge in [-0.25, -0.2) is 4.98 Å². The van der Waals surface area contributed by atoms with Crippen molar-refractivity contribution in [2.75, 3.05) is 0 Å². The first kappa shape index (κ1) is 17.5. The van der Waals surface area contributed by atoms with Gasteiger partial charge in [0, 0.05) is 15.4 Å². The fourth-order valence-corrected chi connectivity index (χ4v) is 3.43. The molecule has 1 atom stereocenters. The number of hydrogen-bond acceptors (Lipinski definition) is 4. The Kier molecular flexibility index (Phi) is 4.77. The average molecular weight is 425 g/mol. The number of rotatable bonds is 5. The minimum Gasteiger partial charge on any atom is -0.451 e. The van der Waals surface area contributed by atoms with Crippen LogP contribution in [0.15, 0.2) is 70.1 Å². The quantitative estimate of drug-likeness (QED) is 0.519. The molecule has 2 heterocycles. The molecule has 0 radical (unpaired) electrons. The Hall–Kier alpha value is -2.93. The van der Waals surface area contributed by atoms with Gasteiger partial charge in [-0.1, -0.05) is 46.3 Å². The smallest absolute Gasteiger partial charge is 0.287 e. The minimum absolute atomic E-state index is 0.256. The number of furan rings is 1. The van der Waals surface area contributed by atoms with E-state index in [0.717, 1.165) is 21.0 Å². The van der Waals surface area contributed by atoms with Crippen LogP contribution in [0.1, 0.15) is 27.7 Å². The summed E-state index contributed by atoms with van der Waals surface area (Å²) in [6, 6.07) is 15.2. The van der Waals surface area contributed by atoms with Crippen LogP contribution in [0.3, 0.4) is 0 Å². The van der Waals surface area contributed by atoms with Crippen molar-refractivity contribution < 1.29 is 9.21 Å². The number of amides is 1. The number of fused-ring (bicyclic) bond motifs is 1. The molecule has 0 bridgehead atoms. The third kappa shape index (κ3) is 3.64. The fourth-order valence-electron chi connectivity index (χ4n) is 3.07. The van der Waals surface area contributed by atoms with Crippen LogP contribution in [0.5, 0.6) is 0 Å². The van der Waals surface area contributed by atoms with Crippen molar-refractivity contribution >= 4 is 32.8 Å². The Morgan fingerprint density at radius 3 is 2.81 bits per heavy atom. The van der Waals surface area contributed by atoms with Crippen molar-refractivity contribution in [2.45, 2.75) is 19.5 Å². The molecule has 0 saturated carbocycles. The molecule has 6 nitrogen and oxygen atoms in total. The highest BCUT2D eigenvalue weighted by atomic mass is 79.9. The molecule has 2 aromatic carbocycles. The van der Waals surface area contributed by atoms with Gasteiger partial charge in [-0.15, -0.1) is 0 Å². The maximum atomic E-state index is 13.0. The molecular weight excluding hydrogens is 408 g/mol. The van der Waals surface area contributed by atoms with E-state index in [1.54, 1.807) is 11.0 Å². The topological polar surface area (TPSA) is 73.0 Å². The highest BCUT2D eigenvalue weighted by molar-refractivity contribution is 9.10. The van der Waals surface area contributed by atoms with Gasteiger partial charge in [0.2, 0.25) is 0 Å². The van der Waals surface area contributed by atoms with Gasteiger partial charge in [0.1, 0.15) is 18.2 Å². The van der Waals surface area contributed by atoms with E-state index in [-0.39, 0.29) is 11.9 Å². The number of hydrogen-bond donors (Lipinski definition) is 1. The first-order valence-corrected chi connectivity index (χ1v) is 9.28. The van der Waals surface area contributed by atoms with Crippen molar-refractivity contribution in [1.82, 2.24) is 20.1 Å². The second kappa shape index (κ2) is 7.36. The summed E-state index contributed by atoms with van der Waals surface area (Å²) in [5.74, 6) is 0.0661. The van der Waals surface area contributed by atoms with Crippen molar-refractivity contribution in [3.63, 3.8) is 0 Å². The number of aryl methyl sites for hydroxylation is 1. The molecule has 1 amide bonds. The molecule has 0 saturated heterocycles. The molecule has 1 N–H and O–H groups in total. The first-order chi connectivity index (χ1) is 13.1. The van der Waals surface area contributed by atoms with Gasteiger partial charge in [0.15, 0.2) is 5.76 Å². The number of aromatic nitrogens is 3. The van der Waals surface area contributed by atoms with Gasteiger partial charge in [-0.3, -0.25) is 9.48 Å². The number of halogens is 1. The Labute approximate surface area is 164 Å². The Morgan fingerprint density at radius 2 is 2.07 bits per heavy atom. The highest BCUT2D eigenvalue weighted by Crippen LogP contribution is 2.28. The van der Waals surface area contributed by atoms with Crippen LogP contribution in [0.4, 0.5) is 0 Å². The lowest BCUT2D eigenvalue weighted by Gasteiger charge is -2.18. The normalized spacial score (nSPS) is 12.2. The van der Waals surface area contributed by atoms with E-state index in [1.165, 1.54) is 6.33 Å². The lowest BCUT2D eigenvalue weighted by molar-refractivity contribution is 0.0905. The van der Waals surface area contributed by atoms with Gasteiger partial charge >= 0.3 is 0 Å². The highest BCUT2D eigenvalue weighted by Gasteiger charge is 2.22. The van der Waals surface area contributed by atoms with Crippen molar-refractivity contribution in [1.29, 1.82) is 0 Å². The van der Waals surface area contributed by atoms with E-state index < -0.39 is 0 Å². The molecule has 0 spiro atoms. The van der Waals surface area contributed by atoms with E-state index >= 15 is 0 Å². The minimum atomic E-state index is -0.264. The summed E-state index contributed by atoms with van der Waals surface area (Å²) in [7, 11) is 0. The Bertz CT molecular complexity index is 1070. The Morgan fingerprint density at radius 1 is 1.26 bits per heavy atom. The van der Waals surface area contributed by atoms with Gasteiger partial charge in [0.05, 0.1) is 12.6 Å².